The van der Waals surface area contributed by atoms with Crippen LogP contribution in [0.5, 0.6) is 5.75 Å². The number of carbonyl (C=O) groups excluding carboxylic acids is 3. The monoisotopic (exact) mass is 343 g/mol. The van der Waals surface area contributed by atoms with Crippen LogP contribution < -0.4 is 4.74 Å². The van der Waals surface area contributed by atoms with Gasteiger partial charge in [-0.3, -0.25) is 19.3 Å². The molecule has 134 valence electrons. The summed E-state index contributed by atoms with van der Waals surface area (Å²) in [7, 11) is 0. The number of nitrogens with zero attached hydrogens (tertiary/aromatic N) is 1. The van der Waals surface area contributed by atoms with Gasteiger partial charge in [0.05, 0.1) is 18.3 Å². The number of likely N-dealkylation sites (tertiary alicyclic amines) is 1. The molecule has 1 saturated heterocycles. The van der Waals surface area contributed by atoms with Crippen LogP contribution in [0.2, 0.25) is 0 Å². The van der Waals surface area contributed by atoms with Gasteiger partial charge in [-0.1, -0.05) is 18.9 Å². The van der Waals surface area contributed by atoms with E-state index in [9.17, 15) is 14.4 Å². The average molecular weight is 343 g/mol. The second kappa shape index (κ2) is 6.98. The molecule has 25 heavy (non-hydrogen) atoms. The van der Waals surface area contributed by atoms with Gasteiger partial charge in [0.25, 0.3) is 0 Å². The molecule has 0 N–H and O–H groups in total. The van der Waals surface area contributed by atoms with Gasteiger partial charge in [0.2, 0.25) is 11.8 Å². The molecule has 1 saturated carbocycles. The zero-order valence-electron chi connectivity index (χ0n) is 15.1. The molecule has 5 nitrogen and oxygen atoms in total. The fourth-order valence-corrected chi connectivity index (χ4v) is 3.93. The molecule has 2 fully saturated rings. The maximum atomic E-state index is 12.4. The van der Waals surface area contributed by atoms with Crippen LogP contribution in [0.4, 0.5) is 0 Å². The first-order chi connectivity index (χ1) is 11.9. The smallest absolute Gasteiger partial charge is 0.313 e. The molecular weight excluding hydrogens is 318 g/mol. The van der Waals surface area contributed by atoms with Gasteiger partial charge in [0, 0.05) is 6.54 Å². The normalized spacial score (nSPS) is 22.9. The maximum Gasteiger partial charge on any atom is 0.313 e. The number of imide groups is 1. The van der Waals surface area contributed by atoms with Crippen molar-refractivity contribution in [3.63, 3.8) is 0 Å². The molecular formula is C20H25NO4. The highest BCUT2D eigenvalue weighted by atomic mass is 16.5. The number of benzene rings is 1. The Hall–Kier alpha value is -2.17. The minimum Gasteiger partial charge on any atom is -0.426 e. The Morgan fingerprint density at radius 3 is 2.28 bits per heavy atom. The third-order valence-electron chi connectivity index (χ3n) is 5.46. The minimum atomic E-state index is -0.413. The average Bonchev–Trinajstić information content (AvgIpc) is 2.82. The van der Waals surface area contributed by atoms with Crippen LogP contribution in [0.15, 0.2) is 12.1 Å². The summed E-state index contributed by atoms with van der Waals surface area (Å²) < 4.78 is 5.47. The van der Waals surface area contributed by atoms with Crippen LogP contribution in [-0.4, -0.2) is 29.2 Å². The number of amides is 2. The van der Waals surface area contributed by atoms with Crippen molar-refractivity contribution in [2.45, 2.75) is 52.9 Å². The number of ether oxygens (including phenoxy) is 1. The van der Waals surface area contributed by atoms with E-state index < -0.39 is 5.97 Å². The summed E-state index contributed by atoms with van der Waals surface area (Å²) in [6, 6.07) is 3.87. The quantitative estimate of drug-likeness (QED) is 0.479. The lowest BCUT2D eigenvalue weighted by molar-refractivity contribution is -0.141. The lowest BCUT2D eigenvalue weighted by Gasteiger charge is -2.19. The van der Waals surface area contributed by atoms with E-state index in [4.69, 9.17) is 4.74 Å². The number of fused-ring (bicyclic) bond motifs is 1. The van der Waals surface area contributed by atoms with Crippen LogP contribution >= 0.6 is 0 Å². The lowest BCUT2D eigenvalue weighted by Crippen LogP contribution is -2.33. The van der Waals surface area contributed by atoms with Gasteiger partial charge < -0.3 is 4.74 Å². The summed E-state index contributed by atoms with van der Waals surface area (Å²) in [4.78, 5) is 38.3. The Kier molecular flexibility index (Phi) is 4.93. The summed E-state index contributed by atoms with van der Waals surface area (Å²) in [5.74, 6) is -0.410. The van der Waals surface area contributed by atoms with E-state index in [1.165, 1.54) is 4.90 Å². The zero-order valence-corrected chi connectivity index (χ0v) is 15.1. The zero-order chi connectivity index (χ0) is 18.1. The Labute approximate surface area is 148 Å². The molecule has 1 aliphatic heterocycles. The first-order valence-corrected chi connectivity index (χ1v) is 9.02. The molecule has 5 heteroatoms. The van der Waals surface area contributed by atoms with E-state index in [2.05, 4.69) is 0 Å². The van der Waals surface area contributed by atoms with Crippen LogP contribution in [-0.2, 0) is 14.4 Å². The molecule has 0 bridgehead atoms. The Morgan fingerprint density at radius 2 is 1.68 bits per heavy atom. The molecule has 2 amide bonds. The predicted octanol–water partition coefficient (Wildman–Crippen LogP) is 3.08. The molecule has 0 radical (unpaired) electrons. The molecule has 1 aromatic carbocycles. The van der Waals surface area contributed by atoms with Gasteiger partial charge in [0.15, 0.2) is 0 Å². The van der Waals surface area contributed by atoms with Crippen LogP contribution in [0, 0.1) is 32.6 Å². The van der Waals surface area contributed by atoms with E-state index in [1.54, 1.807) is 0 Å². The number of aryl methyl sites for hydroxylation is 2. The Balaban J connectivity index is 1.61. The molecule has 0 unspecified atom stereocenters. The third kappa shape index (κ3) is 3.46. The van der Waals surface area contributed by atoms with E-state index in [-0.39, 0.29) is 36.6 Å². The number of carbonyl (C=O) groups is 3. The number of esters is 1. The largest absolute Gasteiger partial charge is 0.426 e. The molecule has 0 spiro atoms. The second-order valence-electron chi connectivity index (χ2n) is 7.25. The fraction of sp³-hybridized carbons (Fsp3) is 0.550. The van der Waals surface area contributed by atoms with Gasteiger partial charge in [-0.2, -0.15) is 0 Å². The van der Waals surface area contributed by atoms with Gasteiger partial charge in [-0.05, 0) is 56.4 Å². The standard InChI is InChI=1S/C20H25NO4/c1-12-10-13(2)14(3)17(11-12)25-18(22)8-9-21-19(23)15-6-4-5-7-16(15)20(21)24/h10-11,15-16H,4-9H2,1-3H3/t15-,16-/m1/s1. The molecule has 3 rings (SSSR count). The highest BCUT2D eigenvalue weighted by Crippen LogP contribution is 2.38. The Morgan fingerprint density at radius 1 is 1.08 bits per heavy atom. The van der Waals surface area contributed by atoms with Gasteiger partial charge in [-0.15, -0.1) is 0 Å². The van der Waals surface area contributed by atoms with Crippen molar-refractivity contribution in [3.05, 3.63) is 28.8 Å². The number of hydrogen-bond acceptors (Lipinski definition) is 4. The SMILES string of the molecule is Cc1cc(C)c(C)c(OC(=O)CCN2C(=O)[C@@H]3CCCC[C@H]3C2=O)c1. The van der Waals surface area contributed by atoms with Crippen LogP contribution in [0.1, 0.15) is 48.8 Å². The fourth-order valence-electron chi connectivity index (χ4n) is 3.93. The highest BCUT2D eigenvalue weighted by molar-refractivity contribution is 6.05. The van der Waals surface area contributed by atoms with Gasteiger partial charge >= 0.3 is 5.97 Å². The van der Waals surface area contributed by atoms with Crippen molar-refractivity contribution in [2.24, 2.45) is 11.8 Å². The van der Waals surface area contributed by atoms with E-state index in [1.807, 2.05) is 32.9 Å². The van der Waals surface area contributed by atoms with Crippen molar-refractivity contribution in [1.29, 1.82) is 0 Å². The molecule has 0 aromatic heterocycles. The van der Waals surface area contributed by atoms with E-state index in [0.717, 1.165) is 42.4 Å². The van der Waals surface area contributed by atoms with Crippen LogP contribution in [0.3, 0.4) is 0 Å². The first-order valence-electron chi connectivity index (χ1n) is 9.02. The highest BCUT2D eigenvalue weighted by Gasteiger charge is 2.47. The van der Waals surface area contributed by atoms with E-state index in [0.29, 0.717) is 5.75 Å². The van der Waals surface area contributed by atoms with Gasteiger partial charge in [-0.25, -0.2) is 0 Å². The number of rotatable bonds is 4. The van der Waals surface area contributed by atoms with Crippen molar-refractivity contribution in [3.8, 4) is 5.75 Å². The van der Waals surface area contributed by atoms with Crippen molar-refractivity contribution >= 4 is 17.8 Å². The third-order valence-corrected chi connectivity index (χ3v) is 5.46. The molecule has 2 atom stereocenters. The first kappa shape index (κ1) is 17.6. The topological polar surface area (TPSA) is 63.7 Å². The summed E-state index contributed by atoms with van der Waals surface area (Å²) >= 11 is 0. The lowest BCUT2D eigenvalue weighted by atomic mass is 9.81. The summed E-state index contributed by atoms with van der Waals surface area (Å²) in [5, 5.41) is 0. The molecule has 1 aromatic rings. The van der Waals surface area contributed by atoms with Crippen molar-refractivity contribution in [1.82, 2.24) is 4.90 Å². The Bertz CT molecular complexity index is 701. The summed E-state index contributed by atoms with van der Waals surface area (Å²) in [5.41, 5.74) is 3.02. The summed E-state index contributed by atoms with van der Waals surface area (Å²) in [6.45, 7) is 5.96. The van der Waals surface area contributed by atoms with Gasteiger partial charge in [0.1, 0.15) is 5.75 Å². The maximum absolute atomic E-state index is 12.4. The molecule has 1 aliphatic carbocycles. The number of hydrogen-bond donors (Lipinski definition) is 0. The molecule has 2 aliphatic rings. The van der Waals surface area contributed by atoms with Crippen LogP contribution in [0.25, 0.3) is 0 Å². The van der Waals surface area contributed by atoms with Crippen molar-refractivity contribution in [2.75, 3.05) is 6.54 Å². The van der Waals surface area contributed by atoms with Crippen molar-refractivity contribution < 1.29 is 19.1 Å². The van der Waals surface area contributed by atoms with E-state index >= 15 is 0 Å². The predicted molar refractivity (Wildman–Crippen MR) is 93.1 cm³/mol. The molecule has 1 heterocycles. The second-order valence-corrected chi connectivity index (χ2v) is 7.25. The minimum absolute atomic E-state index is 0.0311. The summed E-state index contributed by atoms with van der Waals surface area (Å²) in [6.07, 6.45) is 3.61.